The van der Waals surface area contributed by atoms with E-state index >= 15 is 0 Å². The lowest BCUT2D eigenvalue weighted by molar-refractivity contribution is 0.284. The van der Waals surface area contributed by atoms with E-state index in [0.29, 0.717) is 19.3 Å². The van der Waals surface area contributed by atoms with Crippen LogP contribution in [0, 0.1) is 28.8 Å². The minimum atomic E-state index is -1.53. The van der Waals surface area contributed by atoms with E-state index in [1.165, 1.54) is 0 Å². The molecule has 0 saturated heterocycles. The van der Waals surface area contributed by atoms with Gasteiger partial charge in [-0.1, -0.05) is 0 Å². The molecule has 5 heteroatoms. The zero-order valence-electron chi connectivity index (χ0n) is 8.47. The molecule has 0 saturated carbocycles. The standard InChI is InChI=1S/C11H10F3NO/c12-8-4-5-9(11(14)10(8)13)16-7-3-1-2-6-15/h4-5H,1-3,7H2. The molecule has 0 atom stereocenters. The molecule has 16 heavy (non-hydrogen) atoms. The van der Waals surface area contributed by atoms with E-state index in [2.05, 4.69) is 0 Å². The Morgan fingerprint density at radius 3 is 2.56 bits per heavy atom. The molecule has 0 aliphatic heterocycles. The smallest absolute Gasteiger partial charge is 0.203 e. The summed E-state index contributed by atoms with van der Waals surface area (Å²) in [5.41, 5.74) is 0. The number of unbranched alkanes of at least 4 members (excludes halogenated alkanes) is 2. The van der Waals surface area contributed by atoms with Crippen LogP contribution in [-0.2, 0) is 0 Å². The number of halogens is 3. The monoisotopic (exact) mass is 229 g/mol. The Bertz CT molecular complexity index is 401. The van der Waals surface area contributed by atoms with Crippen LogP contribution in [0.15, 0.2) is 12.1 Å². The van der Waals surface area contributed by atoms with Gasteiger partial charge in [0.25, 0.3) is 0 Å². The van der Waals surface area contributed by atoms with E-state index in [1.54, 1.807) is 0 Å². The van der Waals surface area contributed by atoms with Gasteiger partial charge in [0.15, 0.2) is 17.4 Å². The topological polar surface area (TPSA) is 33.0 Å². The average Bonchev–Trinajstić information content (AvgIpc) is 2.28. The molecule has 0 fully saturated rings. The van der Waals surface area contributed by atoms with E-state index in [9.17, 15) is 13.2 Å². The van der Waals surface area contributed by atoms with Gasteiger partial charge in [0, 0.05) is 6.42 Å². The van der Waals surface area contributed by atoms with Crippen LogP contribution in [0.2, 0.25) is 0 Å². The summed E-state index contributed by atoms with van der Waals surface area (Å²) in [7, 11) is 0. The molecule has 0 heterocycles. The SMILES string of the molecule is N#CCCCCOc1ccc(F)c(F)c1F. The molecule has 86 valence electrons. The highest BCUT2D eigenvalue weighted by Gasteiger charge is 2.13. The van der Waals surface area contributed by atoms with E-state index in [1.807, 2.05) is 6.07 Å². The Labute approximate surface area is 91.3 Å². The van der Waals surface area contributed by atoms with Crippen LogP contribution in [0.1, 0.15) is 19.3 Å². The summed E-state index contributed by atoms with van der Waals surface area (Å²) in [4.78, 5) is 0. The molecule has 0 aromatic heterocycles. The summed E-state index contributed by atoms with van der Waals surface area (Å²) in [5, 5.41) is 8.25. The van der Waals surface area contributed by atoms with E-state index in [-0.39, 0.29) is 12.4 Å². The molecule has 2 nitrogen and oxygen atoms in total. The van der Waals surface area contributed by atoms with Crippen molar-refractivity contribution in [2.24, 2.45) is 0 Å². The second kappa shape index (κ2) is 6.01. The van der Waals surface area contributed by atoms with Crippen LogP contribution < -0.4 is 4.74 Å². The Kier molecular flexibility index (Phi) is 4.65. The summed E-state index contributed by atoms with van der Waals surface area (Å²) in [6.07, 6.45) is 1.58. The third kappa shape index (κ3) is 3.16. The van der Waals surface area contributed by atoms with Crippen LogP contribution in [0.25, 0.3) is 0 Å². The second-order valence-corrected chi connectivity index (χ2v) is 3.14. The molecular weight excluding hydrogens is 219 g/mol. The molecule has 0 bridgehead atoms. The second-order valence-electron chi connectivity index (χ2n) is 3.14. The molecule has 0 unspecified atom stereocenters. The van der Waals surface area contributed by atoms with Crippen LogP contribution in [-0.4, -0.2) is 6.61 Å². The molecule has 0 N–H and O–H groups in total. The van der Waals surface area contributed by atoms with Gasteiger partial charge in [0.05, 0.1) is 12.7 Å². The van der Waals surface area contributed by atoms with Crippen molar-refractivity contribution in [2.75, 3.05) is 6.61 Å². The average molecular weight is 229 g/mol. The Morgan fingerprint density at radius 1 is 1.12 bits per heavy atom. The summed E-state index contributed by atoms with van der Waals surface area (Å²) in [6, 6.07) is 3.80. The fourth-order valence-corrected chi connectivity index (χ4v) is 1.11. The van der Waals surface area contributed by atoms with Gasteiger partial charge in [-0.3, -0.25) is 0 Å². The minimum Gasteiger partial charge on any atom is -0.490 e. The summed E-state index contributed by atoms with van der Waals surface area (Å²) < 4.78 is 43.3. The van der Waals surface area contributed by atoms with Crippen molar-refractivity contribution in [3.63, 3.8) is 0 Å². The van der Waals surface area contributed by atoms with Crippen molar-refractivity contribution in [1.29, 1.82) is 5.26 Å². The first-order valence-corrected chi connectivity index (χ1v) is 4.80. The quantitative estimate of drug-likeness (QED) is 0.573. The van der Waals surface area contributed by atoms with Crippen molar-refractivity contribution in [3.8, 4) is 11.8 Å². The number of rotatable bonds is 5. The molecule has 0 amide bonds. The van der Waals surface area contributed by atoms with E-state index in [0.717, 1.165) is 12.1 Å². The molecule has 1 rings (SSSR count). The van der Waals surface area contributed by atoms with Crippen molar-refractivity contribution in [3.05, 3.63) is 29.6 Å². The fraction of sp³-hybridized carbons (Fsp3) is 0.364. The number of nitriles is 1. The van der Waals surface area contributed by atoms with Gasteiger partial charge in [-0.25, -0.2) is 8.78 Å². The number of hydrogen-bond acceptors (Lipinski definition) is 2. The maximum atomic E-state index is 13.0. The van der Waals surface area contributed by atoms with Crippen LogP contribution in [0.5, 0.6) is 5.75 Å². The summed E-state index contributed by atoms with van der Waals surface area (Å²) in [5.74, 6) is -4.40. The molecule has 1 aromatic rings. The minimum absolute atomic E-state index is 0.170. The Balaban J connectivity index is 2.49. The van der Waals surface area contributed by atoms with Crippen molar-refractivity contribution in [1.82, 2.24) is 0 Å². The predicted octanol–water partition coefficient (Wildman–Crippen LogP) is 3.18. The molecule has 0 aliphatic carbocycles. The first kappa shape index (κ1) is 12.4. The molecule has 0 spiro atoms. The zero-order valence-corrected chi connectivity index (χ0v) is 8.47. The fourth-order valence-electron chi connectivity index (χ4n) is 1.11. The highest BCUT2D eigenvalue weighted by atomic mass is 19.2. The van der Waals surface area contributed by atoms with E-state index < -0.39 is 17.5 Å². The lowest BCUT2D eigenvalue weighted by Gasteiger charge is -2.07. The van der Waals surface area contributed by atoms with Gasteiger partial charge in [-0.05, 0) is 25.0 Å². The van der Waals surface area contributed by atoms with Crippen molar-refractivity contribution in [2.45, 2.75) is 19.3 Å². The van der Waals surface area contributed by atoms with Crippen LogP contribution in [0.3, 0.4) is 0 Å². The number of hydrogen-bond donors (Lipinski definition) is 0. The molecule has 0 aliphatic rings. The summed E-state index contributed by atoms with van der Waals surface area (Å²) >= 11 is 0. The third-order valence-corrected chi connectivity index (χ3v) is 1.94. The lowest BCUT2D eigenvalue weighted by atomic mass is 10.2. The highest BCUT2D eigenvalue weighted by Crippen LogP contribution is 2.21. The van der Waals surface area contributed by atoms with E-state index in [4.69, 9.17) is 10.00 Å². The number of ether oxygens (including phenoxy) is 1. The van der Waals surface area contributed by atoms with Gasteiger partial charge in [-0.2, -0.15) is 9.65 Å². The normalized spacial score (nSPS) is 9.88. The molecular formula is C11H10F3NO. The van der Waals surface area contributed by atoms with Gasteiger partial charge in [0.2, 0.25) is 5.82 Å². The van der Waals surface area contributed by atoms with Crippen LogP contribution >= 0.6 is 0 Å². The highest BCUT2D eigenvalue weighted by molar-refractivity contribution is 5.26. The lowest BCUT2D eigenvalue weighted by Crippen LogP contribution is -2.01. The maximum absolute atomic E-state index is 13.0. The molecule has 0 radical (unpaired) electrons. The largest absolute Gasteiger partial charge is 0.490 e. The summed E-state index contributed by atoms with van der Waals surface area (Å²) in [6.45, 7) is 0.170. The van der Waals surface area contributed by atoms with Gasteiger partial charge in [-0.15, -0.1) is 0 Å². The van der Waals surface area contributed by atoms with Gasteiger partial charge < -0.3 is 4.74 Å². The number of nitrogens with zero attached hydrogens (tertiary/aromatic N) is 1. The first-order chi connectivity index (χ1) is 7.66. The molecule has 1 aromatic carbocycles. The van der Waals surface area contributed by atoms with Crippen molar-refractivity contribution >= 4 is 0 Å². The van der Waals surface area contributed by atoms with Gasteiger partial charge in [0.1, 0.15) is 0 Å². The third-order valence-electron chi connectivity index (χ3n) is 1.94. The van der Waals surface area contributed by atoms with Crippen molar-refractivity contribution < 1.29 is 17.9 Å². The van der Waals surface area contributed by atoms with Crippen LogP contribution in [0.4, 0.5) is 13.2 Å². The first-order valence-electron chi connectivity index (χ1n) is 4.80. The van der Waals surface area contributed by atoms with Gasteiger partial charge >= 0.3 is 0 Å². The zero-order chi connectivity index (χ0) is 12.0. The number of benzene rings is 1. The predicted molar refractivity (Wildman–Crippen MR) is 51.3 cm³/mol. The Morgan fingerprint density at radius 2 is 1.88 bits per heavy atom. The Hall–Kier alpha value is -1.70. The maximum Gasteiger partial charge on any atom is 0.203 e.